The van der Waals surface area contributed by atoms with E-state index in [1.165, 1.54) is 12.1 Å². The van der Waals surface area contributed by atoms with Crippen molar-refractivity contribution in [3.8, 4) is 0 Å². The highest BCUT2D eigenvalue weighted by Crippen LogP contribution is 2.34. The first-order valence-corrected chi connectivity index (χ1v) is 12.7. The Morgan fingerprint density at radius 1 is 0.742 bits per heavy atom. The number of hydrogen-bond donors (Lipinski definition) is 0. The summed E-state index contributed by atoms with van der Waals surface area (Å²) in [6.45, 7) is 0. The summed E-state index contributed by atoms with van der Waals surface area (Å²) in [5.74, 6) is -0.994. The molecule has 1 aliphatic carbocycles. The predicted molar refractivity (Wildman–Crippen MR) is 132 cm³/mol. The number of hydrogen-bond acceptors (Lipinski definition) is 3. The Kier molecular flexibility index (Phi) is 7.84. The monoisotopic (exact) mass is 642 g/mol. The zero-order valence-corrected chi connectivity index (χ0v) is 21.9. The minimum absolute atomic E-state index is 0.0522. The second kappa shape index (κ2) is 9.87. The quantitative estimate of drug-likeness (QED) is 0.211. The van der Waals surface area contributed by atoms with Crippen molar-refractivity contribution in [1.29, 1.82) is 0 Å². The first kappa shape index (κ1) is 24.6. The lowest BCUT2D eigenvalue weighted by molar-refractivity contribution is -0.111. The van der Waals surface area contributed by atoms with Crippen LogP contribution in [-0.2, 0) is 14.8 Å². The summed E-state index contributed by atoms with van der Waals surface area (Å²) in [7, 11) is -4.16. The third-order valence-corrected chi connectivity index (χ3v) is 7.83. The van der Waals surface area contributed by atoms with Gasteiger partial charge in [0.15, 0.2) is 5.84 Å². The number of aliphatic imine (C=N–C) groups is 1. The van der Waals surface area contributed by atoms with E-state index in [4.69, 9.17) is 46.4 Å². The van der Waals surface area contributed by atoms with Gasteiger partial charge in [0.1, 0.15) is 15.8 Å². The zero-order valence-electron chi connectivity index (χ0n) is 14.9. The molecule has 0 unspecified atom stereocenters. The van der Waals surface area contributed by atoms with Crippen molar-refractivity contribution in [2.45, 2.75) is 4.90 Å². The molecule has 0 bridgehead atoms. The Bertz CT molecular complexity index is 1270. The van der Waals surface area contributed by atoms with Gasteiger partial charge in [0, 0.05) is 14.5 Å². The molecule has 0 saturated carbocycles. The van der Waals surface area contributed by atoms with Crippen LogP contribution in [-0.4, -0.2) is 25.7 Å². The summed E-state index contributed by atoms with van der Waals surface area (Å²) >= 11 is 30.7. The largest absolute Gasteiger partial charge is 0.286 e. The van der Waals surface area contributed by atoms with Gasteiger partial charge in [-0.2, -0.15) is 8.42 Å². The molecule has 0 heterocycles. The Morgan fingerprint density at radius 3 is 1.68 bits per heavy atom. The average Bonchev–Trinajstić information content (AvgIpc) is 2.74. The number of halogens is 6. The average molecular weight is 646 g/mol. The van der Waals surface area contributed by atoms with E-state index < -0.39 is 15.8 Å². The van der Waals surface area contributed by atoms with Gasteiger partial charge in [-0.25, -0.2) is 4.99 Å². The minimum Gasteiger partial charge on any atom is -0.286 e. The lowest BCUT2D eigenvalue weighted by atomic mass is 10.1. The van der Waals surface area contributed by atoms with Crippen LogP contribution in [0.5, 0.6) is 0 Å². The predicted octanol–water partition coefficient (Wildman–Crippen LogP) is 6.75. The molecule has 3 rings (SSSR count). The highest BCUT2D eigenvalue weighted by molar-refractivity contribution is 9.10. The number of nitrogens with zero attached hydrogens (tertiary/aromatic N) is 2. The molecule has 0 aromatic heterocycles. The molecule has 0 atom stereocenters. The molecule has 31 heavy (non-hydrogen) atoms. The normalized spacial score (nSPS) is 15.6. The van der Waals surface area contributed by atoms with E-state index in [1.54, 1.807) is 36.4 Å². The summed E-state index contributed by atoms with van der Waals surface area (Å²) < 4.78 is 31.1. The molecule has 2 aromatic carbocycles. The fraction of sp³-hybridized carbons (Fsp3) is 0. The summed E-state index contributed by atoms with van der Waals surface area (Å²) in [6.07, 6.45) is 0. The van der Waals surface area contributed by atoms with Crippen molar-refractivity contribution in [2.75, 3.05) is 0 Å². The van der Waals surface area contributed by atoms with Gasteiger partial charge in [0.05, 0.1) is 15.0 Å². The maximum atomic E-state index is 12.9. The fourth-order valence-corrected chi connectivity index (χ4v) is 4.71. The number of sulfonamides is 1. The molecule has 5 nitrogen and oxygen atoms in total. The van der Waals surface area contributed by atoms with Crippen molar-refractivity contribution < 1.29 is 13.2 Å². The van der Waals surface area contributed by atoms with E-state index in [0.29, 0.717) is 10.0 Å². The number of Topliss-reactive ketones (excluding diaryl/α,β-unsaturated/α-hetero) is 1. The number of amidine groups is 1. The van der Waals surface area contributed by atoms with E-state index in [2.05, 4.69) is 41.3 Å². The van der Waals surface area contributed by atoms with Crippen molar-refractivity contribution in [3.63, 3.8) is 0 Å². The second-order valence-corrected chi connectivity index (χ2v) is 10.8. The van der Waals surface area contributed by atoms with Crippen LogP contribution >= 0.6 is 78.3 Å². The summed E-state index contributed by atoms with van der Waals surface area (Å²) in [5.41, 5.74) is 0.167. The summed E-state index contributed by atoms with van der Waals surface area (Å²) in [4.78, 5) is 16.2. The van der Waals surface area contributed by atoms with Crippen LogP contribution in [0.4, 0.5) is 0 Å². The zero-order chi connectivity index (χ0) is 22.9. The van der Waals surface area contributed by atoms with Crippen molar-refractivity contribution in [3.05, 3.63) is 83.2 Å². The van der Waals surface area contributed by atoms with Gasteiger partial charge in [0.2, 0.25) is 5.78 Å². The Labute approximate surface area is 214 Å². The first-order valence-electron chi connectivity index (χ1n) is 8.12. The molecule has 0 saturated heterocycles. The minimum atomic E-state index is -4.16. The number of carbonyl (C=O) groups excluding carboxylic acids is 1. The van der Waals surface area contributed by atoms with Crippen molar-refractivity contribution in [1.82, 2.24) is 0 Å². The highest BCUT2D eigenvalue weighted by atomic mass is 79.9. The van der Waals surface area contributed by atoms with Crippen LogP contribution in [0.1, 0.15) is 5.56 Å². The van der Waals surface area contributed by atoms with Gasteiger partial charge in [-0.1, -0.05) is 90.4 Å². The SMILES string of the molecule is O=C1C(Cl)=C(Cl)C(=N/C(=N/S(=O)(=O)c2ccc(Br)cc2)c2ccc(Br)cc2)C(Cl)=C1Cl. The van der Waals surface area contributed by atoms with Crippen LogP contribution in [0.25, 0.3) is 0 Å². The van der Waals surface area contributed by atoms with E-state index in [0.717, 1.165) is 4.47 Å². The maximum Gasteiger partial charge on any atom is 0.284 e. The maximum absolute atomic E-state index is 12.9. The van der Waals surface area contributed by atoms with Crippen LogP contribution in [0, 0.1) is 0 Å². The molecule has 0 radical (unpaired) electrons. The molecule has 12 heteroatoms. The van der Waals surface area contributed by atoms with Gasteiger partial charge >= 0.3 is 0 Å². The topological polar surface area (TPSA) is 75.9 Å². The van der Waals surface area contributed by atoms with Gasteiger partial charge in [0.25, 0.3) is 10.0 Å². The van der Waals surface area contributed by atoms with E-state index in [9.17, 15) is 13.2 Å². The van der Waals surface area contributed by atoms with Crippen molar-refractivity contribution in [2.24, 2.45) is 9.39 Å². The molecule has 0 N–H and O–H groups in total. The molecular formula is C19H8Br2Cl4N2O3S. The fourth-order valence-electron chi connectivity index (χ4n) is 2.31. The van der Waals surface area contributed by atoms with Gasteiger partial charge in [-0.05, 0) is 36.4 Å². The smallest absolute Gasteiger partial charge is 0.284 e. The second-order valence-electron chi connectivity index (χ2n) is 5.90. The molecule has 0 aliphatic heterocycles. The number of rotatable bonds is 3. The Balaban J connectivity index is 2.24. The molecule has 0 spiro atoms. The van der Waals surface area contributed by atoms with Gasteiger partial charge in [-0.3, -0.25) is 4.79 Å². The van der Waals surface area contributed by atoms with Crippen LogP contribution < -0.4 is 0 Å². The van der Waals surface area contributed by atoms with Crippen LogP contribution in [0.2, 0.25) is 0 Å². The third kappa shape index (κ3) is 5.50. The highest BCUT2D eigenvalue weighted by Gasteiger charge is 2.30. The van der Waals surface area contributed by atoms with E-state index >= 15 is 0 Å². The molecule has 2 aromatic rings. The molecule has 160 valence electrons. The standard InChI is InChI=1S/C19H8Br2Cl4N2O3S/c20-10-3-1-9(2-4-10)19(27-31(29,30)12-7-5-11(21)6-8-12)26-17-13(22)15(24)18(28)16(25)14(17)23/h1-8H/b27-19+. The molecular weight excluding hydrogens is 638 g/mol. The van der Waals surface area contributed by atoms with Crippen LogP contribution in [0.15, 0.2) is 91.9 Å². The Hall–Kier alpha value is -1.000. The number of carbonyl (C=O) groups is 1. The molecule has 1 aliphatic rings. The lowest BCUT2D eigenvalue weighted by Gasteiger charge is -2.14. The number of benzene rings is 2. The van der Waals surface area contributed by atoms with Gasteiger partial charge in [-0.15, -0.1) is 4.40 Å². The summed E-state index contributed by atoms with van der Waals surface area (Å²) in [5, 5.41) is -1.32. The molecule has 0 fully saturated rings. The lowest BCUT2D eigenvalue weighted by Crippen LogP contribution is -2.17. The third-order valence-electron chi connectivity index (χ3n) is 3.84. The van der Waals surface area contributed by atoms with Crippen molar-refractivity contribution >= 4 is 106 Å². The Morgan fingerprint density at radius 2 is 1.19 bits per heavy atom. The van der Waals surface area contributed by atoms with Crippen LogP contribution in [0.3, 0.4) is 0 Å². The molecule has 0 amide bonds. The van der Waals surface area contributed by atoms with E-state index in [-0.39, 0.29) is 36.6 Å². The number of ketones is 1. The van der Waals surface area contributed by atoms with E-state index in [1.807, 2.05) is 0 Å². The van der Waals surface area contributed by atoms with Gasteiger partial charge < -0.3 is 0 Å². The first-order chi connectivity index (χ1) is 14.5. The summed E-state index contributed by atoms with van der Waals surface area (Å²) in [6, 6.07) is 12.5. The number of allylic oxidation sites excluding steroid dienone is 4.